The lowest BCUT2D eigenvalue weighted by molar-refractivity contribution is -0.168. The van der Waals surface area contributed by atoms with Crippen LogP contribution in [0, 0.1) is 5.41 Å². The molecular weight excluding hydrogens is 327 g/mol. The van der Waals surface area contributed by atoms with E-state index in [1.807, 2.05) is 6.92 Å². The van der Waals surface area contributed by atoms with Crippen LogP contribution in [0.15, 0.2) is 18.2 Å². The quantitative estimate of drug-likeness (QED) is 0.409. The van der Waals surface area contributed by atoms with Crippen LogP contribution in [0.25, 0.3) is 0 Å². The summed E-state index contributed by atoms with van der Waals surface area (Å²) in [6, 6.07) is 4.76. The normalized spacial score (nSPS) is 11.1. The first kappa shape index (κ1) is 18.8. The summed E-state index contributed by atoms with van der Waals surface area (Å²) in [6.07, 6.45) is 1.22. The van der Waals surface area contributed by atoms with Crippen LogP contribution in [0.5, 0.6) is 5.75 Å². The molecule has 0 unspecified atom stereocenters. The fraction of sp³-hybridized carbons (Fsp3) is 0.500. The van der Waals surface area contributed by atoms with Gasteiger partial charge in [-0.25, -0.2) is 0 Å². The maximum absolute atomic E-state index is 12.6. The van der Waals surface area contributed by atoms with Crippen LogP contribution in [0.3, 0.4) is 0 Å². The predicted octanol–water partition coefficient (Wildman–Crippen LogP) is 4.66. The zero-order valence-corrected chi connectivity index (χ0v) is 14.5. The van der Waals surface area contributed by atoms with Crippen LogP contribution in [0.2, 0.25) is 10.0 Å². The minimum absolute atomic E-state index is 0.0606. The first-order valence-corrected chi connectivity index (χ1v) is 8.02. The molecule has 0 aliphatic carbocycles. The predicted molar refractivity (Wildman–Crippen MR) is 86.4 cm³/mol. The molecule has 0 fully saturated rings. The Hall–Kier alpha value is -1.26. The SMILES string of the molecule is CCCOC(=O)C(CC)(CC)C(=O)Oc1c(Cl)cccc1Cl. The van der Waals surface area contributed by atoms with Crippen molar-refractivity contribution in [2.75, 3.05) is 6.61 Å². The molecule has 0 amide bonds. The maximum Gasteiger partial charge on any atom is 0.328 e. The van der Waals surface area contributed by atoms with Gasteiger partial charge in [0.05, 0.1) is 16.7 Å². The molecule has 0 aliphatic rings. The summed E-state index contributed by atoms with van der Waals surface area (Å²) in [4.78, 5) is 24.9. The van der Waals surface area contributed by atoms with E-state index < -0.39 is 17.4 Å². The summed E-state index contributed by atoms with van der Waals surface area (Å²) in [7, 11) is 0. The monoisotopic (exact) mass is 346 g/mol. The molecule has 0 radical (unpaired) electrons. The molecular formula is C16H20Cl2O4. The van der Waals surface area contributed by atoms with Gasteiger partial charge in [-0.2, -0.15) is 0 Å². The van der Waals surface area contributed by atoms with Gasteiger partial charge in [-0.1, -0.05) is 50.0 Å². The summed E-state index contributed by atoms with van der Waals surface area (Å²) >= 11 is 12.0. The van der Waals surface area contributed by atoms with E-state index in [4.69, 9.17) is 32.7 Å². The van der Waals surface area contributed by atoms with Crippen molar-refractivity contribution in [1.29, 1.82) is 0 Å². The van der Waals surface area contributed by atoms with Gasteiger partial charge in [0, 0.05) is 0 Å². The molecule has 0 aromatic heterocycles. The molecule has 0 bridgehead atoms. The minimum Gasteiger partial charge on any atom is -0.465 e. The fourth-order valence-corrected chi connectivity index (χ4v) is 2.49. The van der Waals surface area contributed by atoms with Crippen molar-refractivity contribution in [3.63, 3.8) is 0 Å². The maximum atomic E-state index is 12.6. The van der Waals surface area contributed by atoms with Crippen molar-refractivity contribution in [3.05, 3.63) is 28.2 Å². The Balaban J connectivity index is 3.06. The van der Waals surface area contributed by atoms with Crippen molar-refractivity contribution in [3.8, 4) is 5.75 Å². The average molecular weight is 347 g/mol. The minimum atomic E-state index is -1.35. The van der Waals surface area contributed by atoms with Gasteiger partial charge in [0.1, 0.15) is 0 Å². The number of ether oxygens (including phenoxy) is 2. The van der Waals surface area contributed by atoms with Crippen LogP contribution in [0.1, 0.15) is 40.0 Å². The number of para-hydroxylation sites is 1. The molecule has 1 aromatic carbocycles. The Morgan fingerprint density at radius 3 is 2.05 bits per heavy atom. The van der Waals surface area contributed by atoms with Crippen LogP contribution in [0.4, 0.5) is 0 Å². The Morgan fingerprint density at radius 1 is 1.05 bits per heavy atom. The van der Waals surface area contributed by atoms with Crippen LogP contribution in [-0.4, -0.2) is 18.5 Å². The molecule has 0 spiro atoms. The van der Waals surface area contributed by atoms with E-state index in [0.717, 1.165) is 0 Å². The highest BCUT2D eigenvalue weighted by atomic mass is 35.5. The van der Waals surface area contributed by atoms with Crippen molar-refractivity contribution in [2.45, 2.75) is 40.0 Å². The summed E-state index contributed by atoms with van der Waals surface area (Å²) in [5.41, 5.74) is -1.35. The molecule has 22 heavy (non-hydrogen) atoms. The second-order valence-electron chi connectivity index (χ2n) is 4.87. The van der Waals surface area contributed by atoms with Crippen LogP contribution >= 0.6 is 23.2 Å². The second-order valence-corrected chi connectivity index (χ2v) is 5.68. The van der Waals surface area contributed by atoms with Gasteiger partial charge in [0.25, 0.3) is 0 Å². The zero-order chi connectivity index (χ0) is 16.8. The van der Waals surface area contributed by atoms with Gasteiger partial charge in [-0.15, -0.1) is 0 Å². The number of esters is 2. The summed E-state index contributed by atoms with van der Waals surface area (Å²) in [5, 5.41) is 0.424. The molecule has 4 nitrogen and oxygen atoms in total. The number of halogens is 2. The van der Waals surface area contributed by atoms with E-state index in [1.165, 1.54) is 0 Å². The second kappa shape index (κ2) is 8.39. The van der Waals surface area contributed by atoms with Gasteiger partial charge >= 0.3 is 11.9 Å². The van der Waals surface area contributed by atoms with E-state index in [-0.39, 0.29) is 35.2 Å². The van der Waals surface area contributed by atoms with Crippen LogP contribution in [-0.2, 0) is 14.3 Å². The molecule has 0 saturated carbocycles. The third-order valence-corrected chi connectivity index (χ3v) is 4.13. The van der Waals surface area contributed by atoms with Crippen molar-refractivity contribution >= 4 is 35.1 Å². The molecule has 122 valence electrons. The van der Waals surface area contributed by atoms with E-state index in [2.05, 4.69) is 0 Å². The molecule has 6 heteroatoms. The number of carbonyl (C=O) groups is 2. The number of hydrogen-bond donors (Lipinski definition) is 0. The van der Waals surface area contributed by atoms with E-state index >= 15 is 0 Å². The lowest BCUT2D eigenvalue weighted by atomic mass is 9.82. The first-order chi connectivity index (χ1) is 10.4. The fourth-order valence-electron chi connectivity index (χ4n) is 2.01. The smallest absolute Gasteiger partial charge is 0.328 e. The van der Waals surface area contributed by atoms with Crippen molar-refractivity contribution in [1.82, 2.24) is 0 Å². The largest absolute Gasteiger partial charge is 0.465 e. The standard InChI is InChI=1S/C16H20Cl2O4/c1-4-10-21-14(19)16(5-2,6-3)15(20)22-13-11(17)8-7-9-12(13)18/h7-9H,4-6,10H2,1-3H3. The highest BCUT2D eigenvalue weighted by Crippen LogP contribution is 2.36. The third-order valence-electron chi connectivity index (χ3n) is 3.54. The Morgan fingerprint density at radius 2 is 1.59 bits per heavy atom. The molecule has 0 saturated heterocycles. The van der Waals surface area contributed by atoms with Crippen molar-refractivity contribution < 1.29 is 19.1 Å². The topological polar surface area (TPSA) is 52.6 Å². The Labute approximate surface area is 140 Å². The lowest BCUT2D eigenvalue weighted by Crippen LogP contribution is -2.42. The summed E-state index contributed by atoms with van der Waals surface area (Å²) < 4.78 is 10.5. The summed E-state index contributed by atoms with van der Waals surface area (Å²) in [5.74, 6) is -1.22. The average Bonchev–Trinajstić information content (AvgIpc) is 2.50. The zero-order valence-electron chi connectivity index (χ0n) is 12.9. The van der Waals surface area contributed by atoms with E-state index in [0.29, 0.717) is 6.42 Å². The molecule has 0 aliphatic heterocycles. The lowest BCUT2D eigenvalue weighted by Gasteiger charge is -2.27. The number of carbonyl (C=O) groups excluding carboxylic acids is 2. The first-order valence-electron chi connectivity index (χ1n) is 7.26. The van der Waals surface area contributed by atoms with Gasteiger partial charge in [0.2, 0.25) is 0 Å². The molecule has 1 aromatic rings. The Kier molecular flexibility index (Phi) is 7.17. The van der Waals surface area contributed by atoms with Gasteiger partial charge in [-0.05, 0) is 31.4 Å². The van der Waals surface area contributed by atoms with E-state index in [1.54, 1.807) is 32.0 Å². The Bertz CT molecular complexity index is 519. The third kappa shape index (κ3) is 3.93. The van der Waals surface area contributed by atoms with E-state index in [9.17, 15) is 9.59 Å². The number of benzene rings is 1. The summed E-state index contributed by atoms with van der Waals surface area (Å²) in [6.45, 7) is 5.63. The molecule has 0 atom stereocenters. The molecule has 1 rings (SSSR count). The number of rotatable bonds is 7. The molecule has 0 heterocycles. The van der Waals surface area contributed by atoms with Crippen LogP contribution < -0.4 is 4.74 Å². The van der Waals surface area contributed by atoms with Gasteiger partial charge in [-0.3, -0.25) is 9.59 Å². The highest BCUT2D eigenvalue weighted by Gasteiger charge is 2.46. The highest BCUT2D eigenvalue weighted by molar-refractivity contribution is 6.37. The van der Waals surface area contributed by atoms with Crippen molar-refractivity contribution in [2.24, 2.45) is 5.41 Å². The number of hydrogen-bond acceptors (Lipinski definition) is 4. The van der Waals surface area contributed by atoms with Gasteiger partial charge in [0.15, 0.2) is 11.2 Å². The van der Waals surface area contributed by atoms with Gasteiger partial charge < -0.3 is 9.47 Å². The molecule has 0 N–H and O–H groups in total.